The highest BCUT2D eigenvalue weighted by molar-refractivity contribution is 6.35. The topological polar surface area (TPSA) is 25.2 Å². The molecule has 0 unspecified atom stereocenters. The van der Waals surface area contributed by atoms with Gasteiger partial charge in [0, 0.05) is 35.3 Å². The third kappa shape index (κ3) is 2.80. The number of anilines is 1. The van der Waals surface area contributed by atoms with Crippen molar-refractivity contribution in [3.63, 3.8) is 0 Å². The average Bonchev–Trinajstić information content (AvgIpc) is 3.03. The zero-order valence-electron chi connectivity index (χ0n) is 16.5. The van der Waals surface area contributed by atoms with Crippen molar-refractivity contribution in [3.05, 3.63) is 82.2 Å². The van der Waals surface area contributed by atoms with Gasteiger partial charge >= 0.3 is 0 Å². The van der Waals surface area contributed by atoms with Crippen LogP contribution in [0.15, 0.2) is 48.5 Å². The van der Waals surface area contributed by atoms with E-state index in [1.807, 2.05) is 37.4 Å². The van der Waals surface area contributed by atoms with Crippen molar-refractivity contribution in [2.24, 2.45) is 0 Å². The predicted molar refractivity (Wildman–Crippen MR) is 112 cm³/mol. The van der Waals surface area contributed by atoms with Crippen LogP contribution >= 0.6 is 0 Å². The molecule has 1 amide bonds. The van der Waals surface area contributed by atoms with Crippen LogP contribution in [0.25, 0.3) is 17.3 Å². The SMILES string of the molecule is Cc1cc(C)cc(-n2c(C)cc(/C=C3/C(=O)N(C)c4ccccc43)c2C)c1. The normalized spacial score (nSPS) is 14.9. The van der Waals surface area contributed by atoms with Gasteiger partial charge in [-0.15, -0.1) is 0 Å². The van der Waals surface area contributed by atoms with Gasteiger partial charge in [-0.2, -0.15) is 0 Å². The fourth-order valence-corrected chi connectivity index (χ4v) is 4.10. The molecular formula is C24H24N2O. The van der Waals surface area contributed by atoms with Crippen molar-refractivity contribution in [1.29, 1.82) is 0 Å². The number of para-hydroxylation sites is 1. The molecule has 0 spiro atoms. The Morgan fingerprint density at radius 2 is 1.56 bits per heavy atom. The summed E-state index contributed by atoms with van der Waals surface area (Å²) in [6, 6.07) is 16.7. The van der Waals surface area contributed by atoms with Crippen molar-refractivity contribution in [2.75, 3.05) is 11.9 Å². The highest BCUT2D eigenvalue weighted by Crippen LogP contribution is 2.37. The van der Waals surface area contributed by atoms with E-state index in [0.717, 1.165) is 33.8 Å². The smallest absolute Gasteiger partial charge is 0.258 e. The van der Waals surface area contributed by atoms with Gasteiger partial charge in [0.25, 0.3) is 5.91 Å². The predicted octanol–water partition coefficient (Wildman–Crippen LogP) is 5.23. The molecule has 3 heteroatoms. The molecular weight excluding hydrogens is 332 g/mol. The van der Waals surface area contributed by atoms with E-state index < -0.39 is 0 Å². The van der Waals surface area contributed by atoms with Crippen LogP contribution in [-0.4, -0.2) is 17.5 Å². The van der Waals surface area contributed by atoms with Gasteiger partial charge in [0.2, 0.25) is 0 Å². The number of amides is 1. The summed E-state index contributed by atoms with van der Waals surface area (Å²) in [5, 5.41) is 0. The van der Waals surface area contributed by atoms with Crippen molar-refractivity contribution in [1.82, 2.24) is 4.57 Å². The van der Waals surface area contributed by atoms with Crippen molar-refractivity contribution in [3.8, 4) is 5.69 Å². The average molecular weight is 356 g/mol. The van der Waals surface area contributed by atoms with E-state index in [1.54, 1.807) is 4.90 Å². The molecule has 0 aliphatic carbocycles. The molecule has 3 aromatic rings. The summed E-state index contributed by atoms with van der Waals surface area (Å²) < 4.78 is 2.27. The fourth-order valence-electron chi connectivity index (χ4n) is 4.10. The Morgan fingerprint density at radius 3 is 2.26 bits per heavy atom. The second kappa shape index (κ2) is 6.27. The Bertz CT molecular complexity index is 1080. The molecule has 4 rings (SSSR count). The van der Waals surface area contributed by atoms with Crippen molar-refractivity contribution >= 4 is 23.2 Å². The van der Waals surface area contributed by atoms with E-state index in [1.165, 1.54) is 16.8 Å². The summed E-state index contributed by atoms with van der Waals surface area (Å²) in [6.45, 7) is 8.48. The third-order valence-corrected chi connectivity index (χ3v) is 5.33. The number of rotatable bonds is 2. The summed E-state index contributed by atoms with van der Waals surface area (Å²) >= 11 is 0. The first kappa shape index (κ1) is 17.3. The van der Waals surface area contributed by atoms with E-state index in [2.05, 4.69) is 56.5 Å². The van der Waals surface area contributed by atoms with Gasteiger partial charge in [-0.25, -0.2) is 0 Å². The second-order valence-electron chi connectivity index (χ2n) is 7.45. The molecule has 2 aromatic carbocycles. The molecule has 0 bridgehead atoms. The molecule has 2 heterocycles. The lowest BCUT2D eigenvalue weighted by Gasteiger charge is -2.12. The van der Waals surface area contributed by atoms with Gasteiger partial charge in [-0.3, -0.25) is 4.79 Å². The number of likely N-dealkylation sites (N-methyl/N-ethyl adjacent to an activating group) is 1. The number of carbonyl (C=O) groups excluding carboxylic acids is 1. The first-order valence-corrected chi connectivity index (χ1v) is 9.23. The number of aromatic nitrogens is 1. The molecule has 1 aliphatic heterocycles. The number of hydrogen-bond donors (Lipinski definition) is 0. The zero-order chi connectivity index (χ0) is 19.3. The van der Waals surface area contributed by atoms with Gasteiger partial charge < -0.3 is 9.47 Å². The molecule has 0 atom stereocenters. The Hall–Kier alpha value is -3.07. The maximum atomic E-state index is 12.8. The fraction of sp³-hybridized carbons (Fsp3) is 0.208. The highest BCUT2D eigenvalue weighted by Gasteiger charge is 2.29. The summed E-state index contributed by atoms with van der Waals surface area (Å²) in [6.07, 6.45) is 2.03. The zero-order valence-corrected chi connectivity index (χ0v) is 16.5. The number of hydrogen-bond acceptors (Lipinski definition) is 1. The summed E-state index contributed by atoms with van der Waals surface area (Å²) in [4.78, 5) is 14.5. The van der Waals surface area contributed by atoms with Crippen molar-refractivity contribution < 1.29 is 4.79 Å². The molecule has 0 saturated heterocycles. The highest BCUT2D eigenvalue weighted by atomic mass is 16.2. The number of aryl methyl sites for hydroxylation is 3. The number of nitrogens with zero attached hydrogens (tertiary/aromatic N) is 2. The maximum absolute atomic E-state index is 12.8. The van der Waals surface area contributed by atoms with Gasteiger partial charge in [0.05, 0.1) is 5.69 Å². The number of carbonyl (C=O) groups is 1. The largest absolute Gasteiger partial charge is 0.318 e. The molecule has 0 saturated carbocycles. The molecule has 0 radical (unpaired) electrons. The van der Waals surface area contributed by atoms with E-state index in [-0.39, 0.29) is 5.91 Å². The van der Waals surface area contributed by atoms with Crippen LogP contribution in [-0.2, 0) is 4.79 Å². The molecule has 0 fully saturated rings. The minimum atomic E-state index is 0.0485. The second-order valence-corrected chi connectivity index (χ2v) is 7.45. The van der Waals surface area contributed by atoms with Crippen LogP contribution in [0.1, 0.15) is 33.6 Å². The molecule has 1 aromatic heterocycles. The summed E-state index contributed by atoms with van der Waals surface area (Å²) in [7, 11) is 1.83. The quantitative estimate of drug-likeness (QED) is 0.577. The van der Waals surface area contributed by atoms with Crippen LogP contribution in [0.4, 0.5) is 5.69 Å². The van der Waals surface area contributed by atoms with Crippen LogP contribution in [0.5, 0.6) is 0 Å². The monoisotopic (exact) mass is 356 g/mol. The lowest BCUT2D eigenvalue weighted by atomic mass is 10.0. The summed E-state index contributed by atoms with van der Waals surface area (Å²) in [5.74, 6) is 0.0485. The standard InChI is InChI=1S/C24H24N2O/c1-15-10-16(2)12-20(11-15)26-17(3)13-19(18(26)4)14-22-21-8-6-7-9-23(21)25(5)24(22)27/h6-14H,1-5H3/b22-14+. The van der Waals surface area contributed by atoms with E-state index in [4.69, 9.17) is 0 Å². The lowest BCUT2D eigenvalue weighted by molar-refractivity contribution is -0.112. The number of fused-ring (bicyclic) bond motifs is 1. The third-order valence-electron chi connectivity index (χ3n) is 5.33. The van der Waals surface area contributed by atoms with Crippen LogP contribution < -0.4 is 4.90 Å². The van der Waals surface area contributed by atoms with Gasteiger partial charge in [0.1, 0.15) is 0 Å². The Labute approximate surface area is 160 Å². The van der Waals surface area contributed by atoms with Gasteiger partial charge in [-0.1, -0.05) is 24.3 Å². The van der Waals surface area contributed by atoms with Crippen LogP contribution in [0.2, 0.25) is 0 Å². The van der Waals surface area contributed by atoms with E-state index in [9.17, 15) is 4.79 Å². The molecule has 0 N–H and O–H groups in total. The Kier molecular flexibility index (Phi) is 4.03. The molecule has 27 heavy (non-hydrogen) atoms. The lowest BCUT2D eigenvalue weighted by Crippen LogP contribution is -2.20. The maximum Gasteiger partial charge on any atom is 0.258 e. The van der Waals surface area contributed by atoms with Gasteiger partial charge in [0.15, 0.2) is 0 Å². The molecule has 1 aliphatic rings. The minimum Gasteiger partial charge on any atom is -0.318 e. The molecule has 136 valence electrons. The number of benzene rings is 2. The van der Waals surface area contributed by atoms with E-state index >= 15 is 0 Å². The Balaban J connectivity index is 1.86. The first-order chi connectivity index (χ1) is 12.9. The van der Waals surface area contributed by atoms with Crippen LogP contribution in [0.3, 0.4) is 0 Å². The summed E-state index contributed by atoms with van der Waals surface area (Å²) in [5.41, 5.74) is 9.79. The van der Waals surface area contributed by atoms with E-state index in [0.29, 0.717) is 0 Å². The van der Waals surface area contributed by atoms with Gasteiger partial charge in [-0.05, 0) is 74.7 Å². The van der Waals surface area contributed by atoms with Crippen molar-refractivity contribution in [2.45, 2.75) is 27.7 Å². The first-order valence-electron chi connectivity index (χ1n) is 9.23. The van der Waals surface area contributed by atoms with Crippen LogP contribution in [0, 0.1) is 27.7 Å². The minimum absolute atomic E-state index is 0.0485. The Morgan fingerprint density at radius 1 is 0.889 bits per heavy atom. The molecule has 3 nitrogen and oxygen atoms in total.